The molecule has 0 amide bonds. The fourth-order valence-electron chi connectivity index (χ4n) is 8.40. The van der Waals surface area contributed by atoms with Gasteiger partial charge in [-0.25, -0.2) is 0 Å². The second-order valence-corrected chi connectivity index (χ2v) is 11.7. The van der Waals surface area contributed by atoms with E-state index in [-0.39, 0.29) is 0 Å². The third-order valence-corrected chi connectivity index (χ3v) is 9.91. The van der Waals surface area contributed by atoms with Crippen LogP contribution in [0, 0.1) is 46.3 Å². The van der Waals surface area contributed by atoms with Crippen molar-refractivity contribution in [3.63, 3.8) is 0 Å². The standard InChI is InChI=1S/C27H44/c1-19(2)9-8-10-20(3)23-14-15-24-22-13-12-21-11-6-7-17-26(21,4)25(22)16-18-27(23,24)5/h6-7,11,19-20,22-25H,8-10,12-18H2,1-5H3/t20-,22+,23-,24+,25+,26-,27+/m0/s1. The van der Waals surface area contributed by atoms with Crippen molar-refractivity contribution < 1.29 is 0 Å². The van der Waals surface area contributed by atoms with Crippen LogP contribution in [0.4, 0.5) is 0 Å². The Balaban J connectivity index is 1.48. The Morgan fingerprint density at radius 3 is 2.59 bits per heavy atom. The summed E-state index contributed by atoms with van der Waals surface area (Å²) in [7, 11) is 0. The molecule has 27 heavy (non-hydrogen) atoms. The molecule has 0 saturated heterocycles. The predicted molar refractivity (Wildman–Crippen MR) is 118 cm³/mol. The first-order valence-corrected chi connectivity index (χ1v) is 12.2. The van der Waals surface area contributed by atoms with Crippen LogP contribution in [0.2, 0.25) is 0 Å². The zero-order valence-corrected chi connectivity index (χ0v) is 18.8. The summed E-state index contributed by atoms with van der Waals surface area (Å²) in [6.45, 7) is 12.7. The summed E-state index contributed by atoms with van der Waals surface area (Å²) in [6.07, 6.45) is 21.8. The van der Waals surface area contributed by atoms with Crippen molar-refractivity contribution in [3.05, 3.63) is 23.8 Å². The molecule has 0 unspecified atom stereocenters. The molecule has 0 radical (unpaired) electrons. The first-order chi connectivity index (χ1) is 12.9. The van der Waals surface area contributed by atoms with Crippen LogP contribution >= 0.6 is 0 Å². The topological polar surface area (TPSA) is 0 Å². The van der Waals surface area contributed by atoms with E-state index in [0.717, 1.165) is 35.5 Å². The Morgan fingerprint density at radius 1 is 1.00 bits per heavy atom. The highest BCUT2D eigenvalue weighted by molar-refractivity contribution is 5.30. The van der Waals surface area contributed by atoms with E-state index < -0.39 is 0 Å². The first kappa shape index (κ1) is 19.8. The van der Waals surface area contributed by atoms with Crippen LogP contribution in [0.3, 0.4) is 0 Å². The van der Waals surface area contributed by atoms with Gasteiger partial charge in [0.25, 0.3) is 0 Å². The van der Waals surface area contributed by atoms with E-state index in [4.69, 9.17) is 0 Å². The molecule has 3 saturated carbocycles. The van der Waals surface area contributed by atoms with Gasteiger partial charge < -0.3 is 0 Å². The molecule has 4 aliphatic rings. The highest BCUT2D eigenvalue weighted by Gasteiger charge is 2.58. The number of fused-ring (bicyclic) bond motifs is 5. The molecule has 152 valence electrons. The van der Waals surface area contributed by atoms with Gasteiger partial charge in [0.05, 0.1) is 0 Å². The lowest BCUT2D eigenvalue weighted by atomic mass is 9.47. The third-order valence-electron chi connectivity index (χ3n) is 9.91. The molecule has 0 aromatic carbocycles. The maximum absolute atomic E-state index is 2.72. The molecular formula is C27H44. The lowest BCUT2D eigenvalue weighted by molar-refractivity contribution is -0.0547. The van der Waals surface area contributed by atoms with Gasteiger partial charge in [-0.2, -0.15) is 0 Å². The van der Waals surface area contributed by atoms with Gasteiger partial charge in [0.1, 0.15) is 0 Å². The molecule has 0 heterocycles. The molecule has 3 fully saturated rings. The minimum Gasteiger partial charge on any atom is -0.0837 e. The number of allylic oxidation sites excluding steroid dienone is 4. The maximum atomic E-state index is 2.72. The van der Waals surface area contributed by atoms with Gasteiger partial charge in [-0.05, 0) is 91.3 Å². The van der Waals surface area contributed by atoms with Crippen molar-refractivity contribution in [2.75, 3.05) is 0 Å². The summed E-state index contributed by atoms with van der Waals surface area (Å²) in [6, 6.07) is 0. The largest absolute Gasteiger partial charge is 0.0837 e. The molecular weight excluding hydrogens is 324 g/mol. The minimum atomic E-state index is 0.486. The van der Waals surface area contributed by atoms with E-state index in [9.17, 15) is 0 Å². The molecule has 0 N–H and O–H groups in total. The van der Waals surface area contributed by atoms with Gasteiger partial charge in [0.15, 0.2) is 0 Å². The zero-order valence-electron chi connectivity index (χ0n) is 18.8. The van der Waals surface area contributed by atoms with Crippen LogP contribution < -0.4 is 0 Å². The molecule has 7 atom stereocenters. The van der Waals surface area contributed by atoms with Gasteiger partial charge in [-0.3, -0.25) is 0 Å². The fraction of sp³-hybridized carbons (Fsp3) is 0.852. The normalized spacial score (nSPS) is 44.4. The Hall–Kier alpha value is -0.520. The molecule has 4 rings (SSSR count). The van der Waals surface area contributed by atoms with Crippen molar-refractivity contribution in [2.45, 2.75) is 98.8 Å². The molecule has 0 nitrogen and oxygen atoms in total. The SMILES string of the molecule is CC(C)CCC[C@H](C)[C@@H]1CC[C@@H]2[C@H]3CCC4=CC=CC[C@]4(C)[C@@H]3CC[C@@]21C. The maximum Gasteiger partial charge on any atom is -0.00477 e. The molecule has 0 aromatic heterocycles. The Bertz CT molecular complexity index is 595. The quantitative estimate of drug-likeness (QED) is 0.459. The third kappa shape index (κ3) is 3.28. The first-order valence-electron chi connectivity index (χ1n) is 12.2. The average Bonchev–Trinajstić information content (AvgIpc) is 2.98. The summed E-state index contributed by atoms with van der Waals surface area (Å²) >= 11 is 0. The van der Waals surface area contributed by atoms with Crippen LogP contribution in [-0.4, -0.2) is 0 Å². The van der Waals surface area contributed by atoms with Crippen LogP contribution in [0.5, 0.6) is 0 Å². The summed E-state index contributed by atoms with van der Waals surface area (Å²) in [5.41, 5.74) is 2.91. The number of hydrogen-bond donors (Lipinski definition) is 0. The van der Waals surface area contributed by atoms with E-state index in [2.05, 4.69) is 52.8 Å². The van der Waals surface area contributed by atoms with Crippen molar-refractivity contribution >= 4 is 0 Å². The van der Waals surface area contributed by atoms with Gasteiger partial charge in [-0.15, -0.1) is 0 Å². The average molecular weight is 369 g/mol. The molecule has 0 spiro atoms. The molecule has 0 aromatic rings. The van der Waals surface area contributed by atoms with Gasteiger partial charge in [-0.1, -0.05) is 77.7 Å². The van der Waals surface area contributed by atoms with Gasteiger partial charge in [0.2, 0.25) is 0 Å². The predicted octanol–water partition coefficient (Wildman–Crippen LogP) is 8.19. The van der Waals surface area contributed by atoms with Crippen LogP contribution in [0.15, 0.2) is 23.8 Å². The van der Waals surface area contributed by atoms with E-state index in [1.165, 1.54) is 64.2 Å². The Morgan fingerprint density at radius 2 is 1.81 bits per heavy atom. The second-order valence-electron chi connectivity index (χ2n) is 11.7. The van der Waals surface area contributed by atoms with Gasteiger partial charge >= 0.3 is 0 Å². The highest BCUT2D eigenvalue weighted by atomic mass is 14.6. The Labute approximate surface area is 169 Å². The molecule has 0 aliphatic heterocycles. The minimum absolute atomic E-state index is 0.486. The van der Waals surface area contributed by atoms with Crippen molar-refractivity contribution in [3.8, 4) is 0 Å². The molecule has 0 heteroatoms. The second kappa shape index (κ2) is 7.38. The van der Waals surface area contributed by atoms with E-state index in [1.807, 2.05) is 0 Å². The summed E-state index contributed by atoms with van der Waals surface area (Å²) in [5.74, 6) is 5.77. The monoisotopic (exact) mass is 368 g/mol. The summed E-state index contributed by atoms with van der Waals surface area (Å²) < 4.78 is 0. The summed E-state index contributed by atoms with van der Waals surface area (Å²) in [5, 5.41) is 0. The molecule has 0 bridgehead atoms. The Kier molecular flexibility index (Phi) is 5.41. The highest BCUT2D eigenvalue weighted by Crippen LogP contribution is 2.67. The number of rotatable bonds is 5. The van der Waals surface area contributed by atoms with E-state index in [0.29, 0.717) is 10.8 Å². The van der Waals surface area contributed by atoms with Gasteiger partial charge in [0, 0.05) is 0 Å². The van der Waals surface area contributed by atoms with E-state index in [1.54, 1.807) is 5.57 Å². The molecule has 4 aliphatic carbocycles. The van der Waals surface area contributed by atoms with Crippen LogP contribution in [0.1, 0.15) is 98.8 Å². The van der Waals surface area contributed by atoms with Crippen LogP contribution in [-0.2, 0) is 0 Å². The van der Waals surface area contributed by atoms with Crippen LogP contribution in [0.25, 0.3) is 0 Å². The fourth-order valence-corrected chi connectivity index (χ4v) is 8.40. The summed E-state index contributed by atoms with van der Waals surface area (Å²) in [4.78, 5) is 0. The zero-order chi connectivity index (χ0) is 19.2. The smallest absolute Gasteiger partial charge is 0.00477 e. The van der Waals surface area contributed by atoms with Crippen molar-refractivity contribution in [2.24, 2.45) is 46.3 Å². The number of hydrogen-bond acceptors (Lipinski definition) is 0. The van der Waals surface area contributed by atoms with Crippen molar-refractivity contribution in [1.82, 2.24) is 0 Å². The van der Waals surface area contributed by atoms with Crippen molar-refractivity contribution in [1.29, 1.82) is 0 Å². The lowest BCUT2D eigenvalue weighted by Crippen LogP contribution is -2.50. The van der Waals surface area contributed by atoms with E-state index >= 15 is 0 Å². The lowest BCUT2D eigenvalue weighted by Gasteiger charge is -2.58.